The Kier molecular flexibility index (Phi) is 11.3. The van der Waals surface area contributed by atoms with Gasteiger partial charge in [-0.15, -0.1) is 0 Å². The fourth-order valence-electron chi connectivity index (χ4n) is 4.06. The maximum absolute atomic E-state index is 13.2. The van der Waals surface area contributed by atoms with E-state index >= 15 is 0 Å². The summed E-state index contributed by atoms with van der Waals surface area (Å²) >= 11 is 0. The molecule has 0 bridgehead atoms. The summed E-state index contributed by atoms with van der Waals surface area (Å²) in [4.78, 5) is 40.4. The van der Waals surface area contributed by atoms with Crippen LogP contribution in [-0.2, 0) is 17.6 Å². The fraction of sp³-hybridized carbons (Fsp3) is 0.310. The third-order valence-corrected chi connectivity index (χ3v) is 6.31. The number of likely N-dealkylation sites (N-methyl/N-ethyl adjacent to an activating group) is 1. The topological polar surface area (TPSA) is 128 Å². The second-order valence-corrected chi connectivity index (χ2v) is 9.12. The molecule has 39 heavy (non-hydrogen) atoms. The lowest BCUT2D eigenvalue weighted by Crippen LogP contribution is -2.53. The Hall–Kier alpha value is -4.44. The van der Waals surface area contributed by atoms with Crippen molar-refractivity contribution in [3.63, 3.8) is 0 Å². The molecule has 0 radical (unpaired) electrons. The molecule has 0 aliphatic carbocycles. The zero-order valence-electron chi connectivity index (χ0n) is 22.0. The van der Waals surface area contributed by atoms with Crippen molar-refractivity contribution in [3.05, 3.63) is 106 Å². The molecule has 0 saturated carbocycles. The summed E-state index contributed by atoms with van der Waals surface area (Å²) in [6, 6.07) is 24.0. The quantitative estimate of drug-likeness (QED) is 0.216. The number of anilines is 1. The third-order valence-electron chi connectivity index (χ3n) is 6.31. The molecule has 0 fully saturated rings. The van der Waals surface area contributed by atoms with Crippen LogP contribution >= 0.6 is 0 Å². The van der Waals surface area contributed by atoms with E-state index in [1.165, 1.54) is 17.0 Å². The van der Waals surface area contributed by atoms with Crippen molar-refractivity contribution in [2.45, 2.75) is 18.9 Å². The Balaban J connectivity index is 1.67. The van der Waals surface area contributed by atoms with Gasteiger partial charge in [-0.05, 0) is 29.7 Å². The molecule has 3 N–H and O–H groups in total. The lowest BCUT2D eigenvalue weighted by Gasteiger charge is -2.26. The lowest BCUT2D eigenvalue weighted by atomic mass is 10.0. The summed E-state index contributed by atoms with van der Waals surface area (Å²) in [6.07, 6.45) is 0.745. The predicted molar refractivity (Wildman–Crippen MR) is 151 cm³/mol. The van der Waals surface area contributed by atoms with E-state index in [4.69, 9.17) is 0 Å². The first kappa shape index (κ1) is 29.1. The highest BCUT2D eigenvalue weighted by Crippen LogP contribution is 2.14. The molecule has 0 aliphatic rings. The number of amides is 3. The Morgan fingerprint density at radius 2 is 1.54 bits per heavy atom. The van der Waals surface area contributed by atoms with Gasteiger partial charge in [-0.25, -0.2) is 4.79 Å². The van der Waals surface area contributed by atoms with Crippen molar-refractivity contribution >= 4 is 23.3 Å². The SMILES string of the molecule is CN(CCNC(=O)[C@H](Cc1ccc([N+](=O)[O-])cc1)NC(=O)N(CCO)CCc1ccccc1)c1ccccc1. The molecule has 3 rings (SSSR count). The maximum atomic E-state index is 13.2. The number of carbonyl (C=O) groups is 2. The van der Waals surface area contributed by atoms with E-state index in [1.54, 1.807) is 12.1 Å². The monoisotopic (exact) mass is 533 g/mol. The zero-order chi connectivity index (χ0) is 28.0. The van der Waals surface area contributed by atoms with E-state index in [2.05, 4.69) is 10.6 Å². The molecule has 3 aromatic carbocycles. The van der Waals surface area contributed by atoms with E-state index < -0.39 is 17.0 Å². The summed E-state index contributed by atoms with van der Waals surface area (Å²) in [5, 5.41) is 26.3. The molecule has 0 aliphatic heterocycles. The molecule has 0 spiro atoms. The van der Waals surface area contributed by atoms with Crippen LogP contribution in [0.5, 0.6) is 0 Å². The highest BCUT2D eigenvalue weighted by Gasteiger charge is 2.24. The Morgan fingerprint density at radius 1 is 0.897 bits per heavy atom. The van der Waals surface area contributed by atoms with Gasteiger partial charge in [-0.3, -0.25) is 14.9 Å². The van der Waals surface area contributed by atoms with Gasteiger partial charge in [0.25, 0.3) is 5.69 Å². The number of nitrogens with one attached hydrogen (secondary N) is 2. The normalized spacial score (nSPS) is 11.3. The van der Waals surface area contributed by atoms with Crippen LogP contribution in [-0.4, -0.2) is 72.7 Å². The summed E-state index contributed by atoms with van der Waals surface area (Å²) in [7, 11) is 1.93. The van der Waals surface area contributed by atoms with Crippen molar-refractivity contribution in [1.29, 1.82) is 0 Å². The molecule has 0 saturated heterocycles. The predicted octanol–water partition coefficient (Wildman–Crippen LogP) is 3.01. The molecule has 10 nitrogen and oxygen atoms in total. The lowest BCUT2D eigenvalue weighted by molar-refractivity contribution is -0.384. The molecule has 3 amide bonds. The van der Waals surface area contributed by atoms with Crippen molar-refractivity contribution in [2.24, 2.45) is 0 Å². The molecule has 0 aromatic heterocycles. The fourth-order valence-corrected chi connectivity index (χ4v) is 4.06. The van der Waals surface area contributed by atoms with Crippen LogP contribution in [0.1, 0.15) is 11.1 Å². The third kappa shape index (κ3) is 9.42. The van der Waals surface area contributed by atoms with Crippen LogP contribution in [0.4, 0.5) is 16.2 Å². The summed E-state index contributed by atoms with van der Waals surface area (Å²) in [6.45, 7) is 1.18. The van der Waals surface area contributed by atoms with Crippen LogP contribution in [0.15, 0.2) is 84.9 Å². The van der Waals surface area contributed by atoms with Crippen LogP contribution in [0, 0.1) is 10.1 Å². The maximum Gasteiger partial charge on any atom is 0.318 e. The number of nitro benzene ring substituents is 1. The highest BCUT2D eigenvalue weighted by atomic mass is 16.6. The number of aliphatic hydroxyl groups is 1. The van der Waals surface area contributed by atoms with E-state index in [9.17, 15) is 24.8 Å². The summed E-state index contributed by atoms with van der Waals surface area (Å²) in [5.41, 5.74) is 2.68. The van der Waals surface area contributed by atoms with Crippen LogP contribution < -0.4 is 15.5 Å². The van der Waals surface area contributed by atoms with Crippen molar-refractivity contribution in [1.82, 2.24) is 15.5 Å². The van der Waals surface area contributed by atoms with E-state index in [0.29, 0.717) is 31.6 Å². The standard InChI is InChI=1S/C29H35N5O5/c1-32(25-10-6-3-7-11-25)19-17-30-28(36)27(22-24-12-14-26(15-13-24)34(38)39)31-29(37)33(20-21-35)18-16-23-8-4-2-5-9-23/h2-15,27,35H,16-22H2,1H3,(H,30,36)(H,31,37)/t27-/m0/s1. The van der Waals surface area contributed by atoms with Gasteiger partial charge in [-0.1, -0.05) is 60.7 Å². The highest BCUT2D eigenvalue weighted by molar-refractivity contribution is 5.87. The number of nitro groups is 1. The van der Waals surface area contributed by atoms with Crippen molar-refractivity contribution in [3.8, 4) is 0 Å². The van der Waals surface area contributed by atoms with Gasteiger partial charge in [0, 0.05) is 57.5 Å². The number of carbonyl (C=O) groups excluding carboxylic acids is 2. The molecule has 0 unspecified atom stereocenters. The summed E-state index contributed by atoms with van der Waals surface area (Å²) in [5.74, 6) is -0.366. The summed E-state index contributed by atoms with van der Waals surface area (Å²) < 4.78 is 0. The van der Waals surface area contributed by atoms with E-state index in [-0.39, 0.29) is 31.2 Å². The number of hydrogen-bond donors (Lipinski definition) is 3. The first-order valence-corrected chi connectivity index (χ1v) is 12.8. The number of para-hydroxylation sites is 1. The number of urea groups is 1. The molecule has 1 atom stereocenters. The number of nitrogens with zero attached hydrogens (tertiary/aromatic N) is 3. The minimum atomic E-state index is -0.918. The van der Waals surface area contributed by atoms with Crippen LogP contribution in [0.3, 0.4) is 0 Å². The van der Waals surface area contributed by atoms with Gasteiger partial charge in [0.15, 0.2) is 0 Å². The Labute approximate surface area is 228 Å². The van der Waals surface area contributed by atoms with Crippen molar-refractivity contribution < 1.29 is 19.6 Å². The van der Waals surface area contributed by atoms with Gasteiger partial charge in [0.2, 0.25) is 5.91 Å². The molecule has 3 aromatic rings. The average molecular weight is 534 g/mol. The average Bonchev–Trinajstić information content (AvgIpc) is 2.96. The van der Waals surface area contributed by atoms with Crippen LogP contribution in [0.2, 0.25) is 0 Å². The molecule has 206 valence electrons. The first-order chi connectivity index (χ1) is 18.9. The minimum absolute atomic E-state index is 0.0530. The molecule has 0 heterocycles. The van der Waals surface area contributed by atoms with Gasteiger partial charge in [-0.2, -0.15) is 0 Å². The smallest absolute Gasteiger partial charge is 0.318 e. The first-order valence-electron chi connectivity index (χ1n) is 12.8. The second kappa shape index (κ2) is 15.1. The number of aliphatic hydroxyl groups excluding tert-OH is 1. The number of hydrogen-bond acceptors (Lipinski definition) is 6. The largest absolute Gasteiger partial charge is 0.395 e. The zero-order valence-corrected chi connectivity index (χ0v) is 22.0. The number of rotatable bonds is 14. The van der Waals surface area contributed by atoms with E-state index in [0.717, 1.165) is 11.3 Å². The van der Waals surface area contributed by atoms with Gasteiger partial charge < -0.3 is 25.5 Å². The van der Waals surface area contributed by atoms with Gasteiger partial charge in [0.05, 0.1) is 11.5 Å². The molecule has 10 heteroatoms. The van der Waals surface area contributed by atoms with Gasteiger partial charge in [0.1, 0.15) is 6.04 Å². The molecular formula is C29H35N5O5. The van der Waals surface area contributed by atoms with Crippen molar-refractivity contribution in [2.75, 3.05) is 44.7 Å². The van der Waals surface area contributed by atoms with Gasteiger partial charge >= 0.3 is 6.03 Å². The molecular weight excluding hydrogens is 498 g/mol. The minimum Gasteiger partial charge on any atom is -0.395 e. The number of benzene rings is 3. The van der Waals surface area contributed by atoms with E-state index in [1.807, 2.05) is 72.6 Å². The Morgan fingerprint density at radius 3 is 2.15 bits per heavy atom. The second-order valence-electron chi connectivity index (χ2n) is 9.12. The van der Waals surface area contributed by atoms with Crippen LogP contribution in [0.25, 0.3) is 0 Å². The number of non-ortho nitro benzene ring substituents is 1. The Bertz CT molecular complexity index is 1190.